The van der Waals surface area contributed by atoms with Crippen LogP contribution in [-0.4, -0.2) is 17.7 Å². The molecule has 0 bridgehead atoms. The van der Waals surface area contributed by atoms with Crippen LogP contribution in [0.4, 0.5) is 17.1 Å². The summed E-state index contributed by atoms with van der Waals surface area (Å²) in [6.45, 7) is 4.38. The Labute approximate surface area is 163 Å². The average molecular weight is 375 g/mol. The van der Waals surface area contributed by atoms with E-state index < -0.39 is 0 Å². The topological polar surface area (TPSA) is 72.5 Å². The number of fused-ring (bicyclic) bond motifs is 1. The lowest BCUT2D eigenvalue weighted by Gasteiger charge is -2.14. The molecule has 0 atom stereocenters. The van der Waals surface area contributed by atoms with Crippen LogP contribution in [0.3, 0.4) is 0 Å². The molecule has 6 nitrogen and oxygen atoms in total. The van der Waals surface area contributed by atoms with Crippen LogP contribution >= 0.6 is 0 Å². The summed E-state index contributed by atoms with van der Waals surface area (Å²) in [4.78, 5) is 16.9. The zero-order valence-corrected chi connectivity index (χ0v) is 15.8. The van der Waals surface area contributed by atoms with Gasteiger partial charge in [0.1, 0.15) is 0 Å². The summed E-state index contributed by atoms with van der Waals surface area (Å²) in [7, 11) is 0. The molecule has 1 aliphatic rings. The van der Waals surface area contributed by atoms with Crippen LogP contribution in [0.2, 0.25) is 0 Å². The van der Waals surface area contributed by atoms with E-state index in [1.54, 1.807) is 36.7 Å². The molecule has 28 heavy (non-hydrogen) atoms. The van der Waals surface area contributed by atoms with Gasteiger partial charge in [0, 0.05) is 23.6 Å². The molecule has 2 aromatic carbocycles. The van der Waals surface area contributed by atoms with Crippen LogP contribution < -0.4 is 20.1 Å². The highest BCUT2D eigenvalue weighted by Crippen LogP contribution is 2.34. The number of aromatic nitrogens is 1. The molecule has 0 radical (unpaired) electrons. The molecule has 0 aliphatic carbocycles. The summed E-state index contributed by atoms with van der Waals surface area (Å²) in [5.41, 5.74) is 5.29. The number of ether oxygens (including phenoxy) is 2. The van der Waals surface area contributed by atoms with Crippen molar-refractivity contribution in [3.8, 4) is 11.5 Å². The first-order chi connectivity index (χ1) is 13.6. The number of carbonyl (C=O) groups excluding carboxylic acids is 1. The highest BCUT2D eigenvalue weighted by Gasteiger charge is 2.15. The molecule has 0 saturated carbocycles. The molecule has 0 saturated heterocycles. The minimum absolute atomic E-state index is 0.197. The Morgan fingerprint density at radius 2 is 1.93 bits per heavy atom. The number of hydrogen-bond acceptors (Lipinski definition) is 5. The molecule has 0 spiro atoms. The van der Waals surface area contributed by atoms with Crippen molar-refractivity contribution in [2.24, 2.45) is 0 Å². The number of para-hydroxylation sites is 1. The molecular formula is C22H21N3O3. The van der Waals surface area contributed by atoms with Crippen LogP contribution in [0.15, 0.2) is 54.9 Å². The van der Waals surface area contributed by atoms with Gasteiger partial charge in [0.25, 0.3) is 5.91 Å². The third-order valence-corrected chi connectivity index (χ3v) is 4.64. The molecule has 2 N–H and O–H groups in total. The summed E-state index contributed by atoms with van der Waals surface area (Å²) in [6.07, 6.45) is 4.18. The summed E-state index contributed by atoms with van der Waals surface area (Å²) in [5, 5.41) is 6.28. The second kappa shape index (κ2) is 7.60. The van der Waals surface area contributed by atoms with Gasteiger partial charge in [-0.15, -0.1) is 0 Å². The molecule has 1 aliphatic heterocycles. The van der Waals surface area contributed by atoms with Gasteiger partial charge < -0.3 is 20.1 Å². The fourth-order valence-corrected chi connectivity index (χ4v) is 3.16. The zero-order chi connectivity index (χ0) is 19.5. The minimum Gasteiger partial charge on any atom is -0.454 e. The summed E-state index contributed by atoms with van der Waals surface area (Å²) < 4.78 is 10.6. The minimum atomic E-state index is -0.240. The van der Waals surface area contributed by atoms with Crippen LogP contribution in [0.5, 0.6) is 11.5 Å². The van der Waals surface area contributed by atoms with Crippen molar-refractivity contribution in [2.75, 3.05) is 17.4 Å². The Morgan fingerprint density at radius 3 is 2.79 bits per heavy atom. The maximum atomic E-state index is 12.7. The van der Waals surface area contributed by atoms with E-state index in [0.717, 1.165) is 23.4 Å². The maximum Gasteiger partial charge on any atom is 0.257 e. The molecular weight excluding hydrogens is 354 g/mol. The monoisotopic (exact) mass is 375 g/mol. The first-order valence-electron chi connectivity index (χ1n) is 9.15. The van der Waals surface area contributed by atoms with E-state index in [4.69, 9.17) is 9.47 Å². The Morgan fingerprint density at radius 1 is 1.07 bits per heavy atom. The van der Waals surface area contributed by atoms with Crippen molar-refractivity contribution in [3.63, 3.8) is 0 Å². The van der Waals surface area contributed by atoms with Gasteiger partial charge in [-0.25, -0.2) is 0 Å². The quantitative estimate of drug-likeness (QED) is 0.678. The van der Waals surface area contributed by atoms with Crippen molar-refractivity contribution in [2.45, 2.75) is 20.3 Å². The number of nitrogens with zero attached hydrogens (tertiary/aromatic N) is 1. The molecule has 1 amide bonds. The number of nitrogens with one attached hydrogen (secondary N) is 2. The van der Waals surface area contributed by atoms with E-state index in [9.17, 15) is 4.79 Å². The van der Waals surface area contributed by atoms with Gasteiger partial charge in [0.05, 0.1) is 17.4 Å². The molecule has 0 unspecified atom stereocenters. The maximum absolute atomic E-state index is 12.7. The Bertz CT molecular complexity index is 1030. The lowest BCUT2D eigenvalue weighted by molar-refractivity contribution is 0.102. The normalized spacial score (nSPS) is 11.9. The Hall–Kier alpha value is -3.54. The lowest BCUT2D eigenvalue weighted by Crippen LogP contribution is -2.12. The average Bonchev–Trinajstić information content (AvgIpc) is 3.17. The van der Waals surface area contributed by atoms with Crippen molar-refractivity contribution in [3.05, 3.63) is 71.5 Å². The van der Waals surface area contributed by atoms with E-state index in [1.807, 2.05) is 6.07 Å². The van der Waals surface area contributed by atoms with Crippen molar-refractivity contribution < 1.29 is 14.3 Å². The largest absolute Gasteiger partial charge is 0.454 e. The molecule has 3 aromatic rings. The fraction of sp³-hybridized carbons (Fsp3) is 0.182. The molecule has 6 heteroatoms. The van der Waals surface area contributed by atoms with Crippen molar-refractivity contribution in [1.29, 1.82) is 0 Å². The Balaban J connectivity index is 1.53. The Kier molecular flexibility index (Phi) is 4.85. The molecule has 4 rings (SSSR count). The first kappa shape index (κ1) is 17.9. The van der Waals surface area contributed by atoms with Gasteiger partial charge in [-0.3, -0.25) is 9.78 Å². The predicted molar refractivity (Wildman–Crippen MR) is 109 cm³/mol. The standard InChI is InChI=1S/C22H21N3O3/c1-3-15-6-4-5-14(2)21(15)24-18-9-16(11-23-12-18)22(26)25-17-7-8-19-20(10-17)28-13-27-19/h4-12,24H,3,13H2,1-2H3,(H,25,26). The van der Waals surface area contributed by atoms with E-state index in [2.05, 4.69) is 41.6 Å². The summed E-state index contributed by atoms with van der Waals surface area (Å²) in [6, 6.07) is 13.3. The van der Waals surface area contributed by atoms with Gasteiger partial charge in [-0.1, -0.05) is 25.1 Å². The van der Waals surface area contributed by atoms with Gasteiger partial charge in [-0.05, 0) is 42.7 Å². The van der Waals surface area contributed by atoms with Gasteiger partial charge >= 0.3 is 0 Å². The zero-order valence-electron chi connectivity index (χ0n) is 15.8. The van der Waals surface area contributed by atoms with E-state index in [0.29, 0.717) is 22.7 Å². The SMILES string of the molecule is CCc1cccc(C)c1Nc1cncc(C(=O)Nc2ccc3c(c2)OCO3)c1. The van der Waals surface area contributed by atoms with Crippen molar-refractivity contribution in [1.82, 2.24) is 4.98 Å². The van der Waals surface area contributed by atoms with Crippen LogP contribution in [0, 0.1) is 6.92 Å². The molecule has 0 fully saturated rings. The molecule has 1 aromatic heterocycles. The van der Waals surface area contributed by atoms with Gasteiger partial charge in [-0.2, -0.15) is 0 Å². The second-order valence-electron chi connectivity index (χ2n) is 6.57. The number of pyridine rings is 1. The van der Waals surface area contributed by atoms with Crippen LogP contribution in [0.1, 0.15) is 28.4 Å². The number of anilines is 3. The number of amides is 1. The number of carbonyl (C=O) groups is 1. The highest BCUT2D eigenvalue weighted by atomic mass is 16.7. The van der Waals surface area contributed by atoms with Crippen molar-refractivity contribution >= 4 is 23.0 Å². The third kappa shape index (κ3) is 3.62. The van der Waals surface area contributed by atoms with E-state index >= 15 is 0 Å². The second-order valence-corrected chi connectivity index (χ2v) is 6.57. The molecule has 2 heterocycles. The predicted octanol–water partition coefficient (Wildman–Crippen LogP) is 4.68. The first-order valence-corrected chi connectivity index (χ1v) is 9.15. The highest BCUT2D eigenvalue weighted by molar-refractivity contribution is 6.04. The van der Waals surface area contributed by atoms with Crippen LogP contribution in [0.25, 0.3) is 0 Å². The fourth-order valence-electron chi connectivity index (χ4n) is 3.16. The smallest absolute Gasteiger partial charge is 0.257 e. The van der Waals surface area contributed by atoms with E-state index in [1.165, 1.54) is 5.56 Å². The number of aryl methyl sites for hydroxylation is 2. The van der Waals surface area contributed by atoms with E-state index in [-0.39, 0.29) is 12.7 Å². The van der Waals surface area contributed by atoms with Crippen LogP contribution in [-0.2, 0) is 6.42 Å². The van der Waals surface area contributed by atoms with Gasteiger partial charge in [0.15, 0.2) is 11.5 Å². The molecule has 142 valence electrons. The summed E-state index contributed by atoms with van der Waals surface area (Å²) in [5.74, 6) is 1.06. The lowest BCUT2D eigenvalue weighted by atomic mass is 10.1. The van der Waals surface area contributed by atoms with Gasteiger partial charge in [0.2, 0.25) is 6.79 Å². The number of rotatable bonds is 5. The number of benzene rings is 2. The summed E-state index contributed by atoms with van der Waals surface area (Å²) >= 11 is 0. The third-order valence-electron chi connectivity index (χ3n) is 4.64. The number of hydrogen-bond donors (Lipinski definition) is 2.